The molecule has 2 N–H and O–H groups in total. The molecule has 1 unspecified atom stereocenters. The van der Waals surface area contributed by atoms with E-state index in [9.17, 15) is 9.59 Å². The van der Waals surface area contributed by atoms with Gasteiger partial charge in [-0.25, -0.2) is 0 Å². The van der Waals surface area contributed by atoms with Gasteiger partial charge in [0.25, 0.3) is 0 Å². The van der Waals surface area contributed by atoms with E-state index < -0.39 is 5.91 Å². The number of hydrogen-bond donors (Lipinski definition) is 1. The Morgan fingerprint density at radius 1 is 1.20 bits per heavy atom. The minimum absolute atomic E-state index is 0.000556. The summed E-state index contributed by atoms with van der Waals surface area (Å²) in [5, 5.41) is 0. The molecule has 0 aliphatic carbocycles. The number of carbonyl (C=O) groups is 2. The van der Waals surface area contributed by atoms with Crippen molar-refractivity contribution < 1.29 is 9.59 Å². The lowest BCUT2D eigenvalue weighted by atomic mass is 10.0. The first kappa shape index (κ1) is 16.9. The number of nitrogens with zero attached hydrogens (tertiary/aromatic N) is 1. The Labute approximate surface area is 128 Å². The normalized spacial score (nSPS) is 12.7. The van der Waals surface area contributed by atoms with Crippen LogP contribution in [-0.2, 0) is 4.79 Å². The van der Waals surface area contributed by atoms with Crippen molar-refractivity contribution in [3.8, 4) is 0 Å². The Morgan fingerprint density at radius 2 is 1.75 bits per heavy atom. The molecular weight excluding hydrogens is 320 g/mol. The van der Waals surface area contributed by atoms with Gasteiger partial charge in [-0.3, -0.25) is 14.5 Å². The molecule has 0 aromatic heterocycles. The highest BCUT2D eigenvalue weighted by molar-refractivity contribution is 9.10. The molecule has 0 saturated carbocycles. The predicted octanol–water partition coefficient (Wildman–Crippen LogP) is 2.46. The molecule has 0 radical (unpaired) electrons. The summed E-state index contributed by atoms with van der Waals surface area (Å²) in [5.74, 6) is -0.0602. The molecule has 0 heterocycles. The third-order valence-corrected chi connectivity index (χ3v) is 3.54. The van der Waals surface area contributed by atoms with Crippen LogP contribution in [0.5, 0.6) is 0 Å². The molecule has 0 aliphatic rings. The number of halogens is 1. The van der Waals surface area contributed by atoms with E-state index in [-0.39, 0.29) is 18.4 Å². The highest BCUT2D eigenvalue weighted by Gasteiger charge is 2.24. The highest BCUT2D eigenvalue weighted by Crippen LogP contribution is 2.15. The molecule has 110 valence electrons. The van der Waals surface area contributed by atoms with Crippen molar-refractivity contribution in [3.63, 3.8) is 0 Å². The van der Waals surface area contributed by atoms with Gasteiger partial charge in [-0.15, -0.1) is 0 Å². The average molecular weight is 341 g/mol. The molecule has 0 bridgehead atoms. The maximum absolute atomic E-state index is 12.5. The van der Waals surface area contributed by atoms with Gasteiger partial charge >= 0.3 is 0 Å². The zero-order chi connectivity index (χ0) is 15.3. The number of carbonyl (C=O) groups excluding carboxylic acids is 2. The fraction of sp³-hybridized carbons (Fsp3) is 0.467. The van der Waals surface area contributed by atoms with E-state index in [0.29, 0.717) is 18.0 Å². The van der Waals surface area contributed by atoms with Crippen LogP contribution in [-0.4, -0.2) is 35.7 Å². The molecule has 0 aliphatic heterocycles. The number of amides is 1. The summed E-state index contributed by atoms with van der Waals surface area (Å²) in [6.45, 7) is 6.67. The quantitative estimate of drug-likeness (QED) is 0.775. The van der Waals surface area contributed by atoms with Crippen LogP contribution < -0.4 is 5.73 Å². The first-order valence-electron chi connectivity index (χ1n) is 6.63. The van der Waals surface area contributed by atoms with Gasteiger partial charge in [0.2, 0.25) is 5.91 Å². The number of hydrogen-bond acceptors (Lipinski definition) is 3. The van der Waals surface area contributed by atoms with Crippen LogP contribution in [0.1, 0.15) is 31.1 Å². The largest absolute Gasteiger partial charge is 0.369 e. The number of Topliss-reactive ketones (excluding diaryl/α,β-unsaturated/α-hetero) is 1. The van der Waals surface area contributed by atoms with Crippen molar-refractivity contribution in [2.24, 2.45) is 11.7 Å². The van der Waals surface area contributed by atoms with Crippen LogP contribution in [0.3, 0.4) is 0 Å². The van der Waals surface area contributed by atoms with E-state index in [0.717, 1.165) is 4.47 Å². The van der Waals surface area contributed by atoms with Crippen LogP contribution in [0.2, 0.25) is 0 Å². The van der Waals surface area contributed by atoms with E-state index >= 15 is 0 Å². The monoisotopic (exact) mass is 340 g/mol. The molecule has 5 heteroatoms. The van der Waals surface area contributed by atoms with Crippen molar-refractivity contribution >= 4 is 27.6 Å². The van der Waals surface area contributed by atoms with E-state index in [1.54, 1.807) is 12.1 Å². The second-order valence-electron chi connectivity index (χ2n) is 5.34. The van der Waals surface area contributed by atoms with Crippen LogP contribution in [0.4, 0.5) is 0 Å². The maximum Gasteiger partial charge on any atom is 0.231 e. The Balaban J connectivity index is 2.86. The van der Waals surface area contributed by atoms with Gasteiger partial charge in [0.05, 0.1) is 12.6 Å². The van der Waals surface area contributed by atoms with E-state index in [2.05, 4.69) is 15.9 Å². The first-order valence-corrected chi connectivity index (χ1v) is 7.42. The summed E-state index contributed by atoms with van der Waals surface area (Å²) in [7, 11) is 0. The third-order valence-electron chi connectivity index (χ3n) is 3.01. The second kappa shape index (κ2) is 7.55. The Hall–Kier alpha value is -1.20. The van der Waals surface area contributed by atoms with Gasteiger partial charge in [0.15, 0.2) is 5.78 Å². The standard InChI is InChI=1S/C15H21BrN2O2/c1-10(2)8-18(9-14(17)19)11(3)15(20)12-4-6-13(16)7-5-12/h4-7,10-11H,8-9H2,1-3H3,(H2,17,19). The minimum Gasteiger partial charge on any atom is -0.369 e. The minimum atomic E-state index is -0.416. The first-order chi connectivity index (χ1) is 9.31. The molecule has 1 atom stereocenters. The van der Waals surface area contributed by atoms with E-state index in [1.807, 2.05) is 37.8 Å². The van der Waals surface area contributed by atoms with Crippen LogP contribution in [0.25, 0.3) is 0 Å². The molecule has 0 saturated heterocycles. The molecule has 1 rings (SSSR count). The zero-order valence-electron chi connectivity index (χ0n) is 12.1. The van der Waals surface area contributed by atoms with Crippen LogP contribution in [0, 0.1) is 5.92 Å². The molecule has 0 spiro atoms. The summed E-state index contributed by atoms with van der Waals surface area (Å²) < 4.78 is 0.929. The molecule has 0 fully saturated rings. The molecule has 4 nitrogen and oxygen atoms in total. The average Bonchev–Trinajstić information content (AvgIpc) is 2.36. The third kappa shape index (κ3) is 5.06. The summed E-state index contributed by atoms with van der Waals surface area (Å²) in [5.41, 5.74) is 5.91. The van der Waals surface area contributed by atoms with Crippen molar-refractivity contribution in [1.29, 1.82) is 0 Å². The van der Waals surface area contributed by atoms with Crippen molar-refractivity contribution in [2.45, 2.75) is 26.8 Å². The van der Waals surface area contributed by atoms with Gasteiger partial charge in [-0.05, 0) is 25.0 Å². The Bertz CT molecular complexity index is 471. The smallest absolute Gasteiger partial charge is 0.231 e. The molecule has 1 amide bonds. The highest BCUT2D eigenvalue weighted by atomic mass is 79.9. The molecule has 1 aromatic carbocycles. The Morgan fingerprint density at radius 3 is 2.20 bits per heavy atom. The number of nitrogens with two attached hydrogens (primary N) is 1. The van der Waals surface area contributed by atoms with Crippen molar-refractivity contribution in [1.82, 2.24) is 4.90 Å². The fourth-order valence-electron chi connectivity index (χ4n) is 2.05. The second-order valence-corrected chi connectivity index (χ2v) is 6.25. The van der Waals surface area contributed by atoms with E-state index in [1.165, 1.54) is 0 Å². The lowest BCUT2D eigenvalue weighted by Gasteiger charge is -2.28. The van der Waals surface area contributed by atoms with Crippen molar-refractivity contribution in [3.05, 3.63) is 34.3 Å². The topological polar surface area (TPSA) is 63.4 Å². The maximum atomic E-state index is 12.5. The van der Waals surface area contributed by atoms with Crippen molar-refractivity contribution in [2.75, 3.05) is 13.1 Å². The van der Waals surface area contributed by atoms with Crippen LogP contribution >= 0.6 is 15.9 Å². The summed E-state index contributed by atoms with van der Waals surface area (Å²) in [6.07, 6.45) is 0. The number of rotatable bonds is 7. The van der Waals surface area contributed by atoms with Gasteiger partial charge < -0.3 is 5.73 Å². The molecule has 1 aromatic rings. The molecule has 20 heavy (non-hydrogen) atoms. The summed E-state index contributed by atoms with van der Waals surface area (Å²) in [4.78, 5) is 25.4. The number of benzene rings is 1. The van der Waals surface area contributed by atoms with Gasteiger partial charge in [0, 0.05) is 16.6 Å². The predicted molar refractivity (Wildman–Crippen MR) is 83.5 cm³/mol. The fourth-order valence-corrected chi connectivity index (χ4v) is 2.31. The van der Waals surface area contributed by atoms with Gasteiger partial charge in [-0.1, -0.05) is 41.9 Å². The summed E-state index contributed by atoms with van der Waals surface area (Å²) in [6, 6.07) is 6.86. The van der Waals surface area contributed by atoms with Gasteiger partial charge in [-0.2, -0.15) is 0 Å². The lowest BCUT2D eigenvalue weighted by molar-refractivity contribution is -0.119. The van der Waals surface area contributed by atoms with E-state index in [4.69, 9.17) is 5.73 Å². The number of primary amides is 1. The van der Waals surface area contributed by atoms with Gasteiger partial charge in [0.1, 0.15) is 0 Å². The SMILES string of the molecule is CC(C)CN(CC(N)=O)C(C)C(=O)c1ccc(Br)cc1. The Kier molecular flexibility index (Phi) is 6.36. The molecular formula is C15H21BrN2O2. The van der Waals surface area contributed by atoms with Crippen LogP contribution in [0.15, 0.2) is 28.7 Å². The lowest BCUT2D eigenvalue weighted by Crippen LogP contribution is -2.45. The zero-order valence-corrected chi connectivity index (χ0v) is 13.7. The number of ketones is 1. The summed E-state index contributed by atoms with van der Waals surface area (Å²) >= 11 is 3.34.